The Hall–Kier alpha value is -1.85. The maximum absolute atomic E-state index is 12.8. The third kappa shape index (κ3) is 45.1. The molecule has 0 aromatic heterocycles. The molecule has 0 heterocycles. The van der Waals surface area contributed by atoms with Crippen LogP contribution in [0.4, 0.5) is 0 Å². The van der Waals surface area contributed by atoms with Gasteiger partial charge >= 0.3 is 17.9 Å². The van der Waals surface area contributed by atoms with Crippen LogP contribution >= 0.6 is 0 Å². The van der Waals surface area contributed by atoms with Gasteiger partial charge in [-0.25, -0.2) is 0 Å². The standard InChI is InChI=1S/C51H96O6/c1-4-7-10-13-16-19-22-24-25-27-29-32-35-38-41-44-50(53)56-47-48(46-55-49(52)43-40-37-34-31-28-21-18-15-12-9-6-3)57-51(54)45-42-39-36-33-30-26-23-20-17-14-11-8-5-2/h15,18,48H,4-14,16-17,19-47H2,1-3H3/b18-15-. The molecule has 336 valence electrons. The number of rotatable bonds is 46. The van der Waals surface area contributed by atoms with Gasteiger partial charge in [0.05, 0.1) is 0 Å². The predicted octanol–water partition coefficient (Wildman–Crippen LogP) is 16.2. The Morgan fingerprint density at radius 2 is 0.596 bits per heavy atom. The van der Waals surface area contributed by atoms with Crippen molar-refractivity contribution in [1.82, 2.24) is 0 Å². The number of hydrogen-bond acceptors (Lipinski definition) is 6. The van der Waals surface area contributed by atoms with Crippen molar-refractivity contribution in [2.24, 2.45) is 0 Å². The van der Waals surface area contributed by atoms with Crippen molar-refractivity contribution in [3.63, 3.8) is 0 Å². The van der Waals surface area contributed by atoms with Crippen molar-refractivity contribution >= 4 is 17.9 Å². The second-order valence-corrected chi connectivity index (χ2v) is 17.1. The number of unbranched alkanes of at least 4 members (excludes halogenated alkanes) is 33. The Bertz CT molecular complexity index is 885. The summed E-state index contributed by atoms with van der Waals surface area (Å²) in [4.78, 5) is 37.8. The molecule has 0 aliphatic heterocycles. The third-order valence-electron chi connectivity index (χ3n) is 11.3. The van der Waals surface area contributed by atoms with Crippen LogP contribution in [-0.2, 0) is 28.6 Å². The van der Waals surface area contributed by atoms with Crippen LogP contribution in [0.15, 0.2) is 12.2 Å². The first-order valence-electron chi connectivity index (χ1n) is 25.2. The van der Waals surface area contributed by atoms with Gasteiger partial charge < -0.3 is 14.2 Å². The lowest BCUT2D eigenvalue weighted by Gasteiger charge is -2.18. The van der Waals surface area contributed by atoms with E-state index in [1.54, 1.807) is 0 Å². The van der Waals surface area contributed by atoms with Crippen LogP contribution in [0.3, 0.4) is 0 Å². The van der Waals surface area contributed by atoms with Gasteiger partial charge in [-0.3, -0.25) is 14.4 Å². The molecule has 0 saturated carbocycles. The minimum Gasteiger partial charge on any atom is -0.462 e. The van der Waals surface area contributed by atoms with Gasteiger partial charge in [-0.1, -0.05) is 232 Å². The van der Waals surface area contributed by atoms with Gasteiger partial charge in [0.2, 0.25) is 0 Å². The molecule has 0 aromatic carbocycles. The predicted molar refractivity (Wildman–Crippen MR) is 243 cm³/mol. The van der Waals surface area contributed by atoms with E-state index < -0.39 is 6.10 Å². The van der Waals surface area contributed by atoms with Crippen LogP contribution < -0.4 is 0 Å². The molecule has 0 fully saturated rings. The number of allylic oxidation sites excluding steroid dienone is 2. The molecule has 0 bridgehead atoms. The summed E-state index contributed by atoms with van der Waals surface area (Å²) < 4.78 is 16.8. The molecule has 0 saturated heterocycles. The Balaban J connectivity index is 4.31. The zero-order valence-corrected chi connectivity index (χ0v) is 38.4. The quantitative estimate of drug-likeness (QED) is 0.0264. The van der Waals surface area contributed by atoms with Gasteiger partial charge in [0, 0.05) is 19.3 Å². The van der Waals surface area contributed by atoms with Crippen LogP contribution in [-0.4, -0.2) is 37.2 Å². The largest absolute Gasteiger partial charge is 0.462 e. The summed E-state index contributed by atoms with van der Waals surface area (Å²) in [6, 6.07) is 0. The van der Waals surface area contributed by atoms with Crippen LogP contribution in [0.5, 0.6) is 0 Å². The first-order chi connectivity index (χ1) is 28.0. The Kier molecular flexibility index (Phi) is 45.3. The zero-order chi connectivity index (χ0) is 41.5. The highest BCUT2D eigenvalue weighted by Gasteiger charge is 2.19. The van der Waals surface area contributed by atoms with Crippen molar-refractivity contribution < 1.29 is 28.6 Å². The number of esters is 3. The fourth-order valence-corrected chi connectivity index (χ4v) is 7.42. The van der Waals surface area contributed by atoms with Crippen LogP contribution in [0.1, 0.15) is 278 Å². The Labute approximate surface area is 354 Å². The lowest BCUT2D eigenvalue weighted by molar-refractivity contribution is -0.167. The highest BCUT2D eigenvalue weighted by molar-refractivity contribution is 5.71. The molecule has 6 heteroatoms. The van der Waals surface area contributed by atoms with Crippen LogP contribution in [0.2, 0.25) is 0 Å². The van der Waals surface area contributed by atoms with E-state index in [0.717, 1.165) is 64.2 Å². The summed E-state index contributed by atoms with van der Waals surface area (Å²) in [5.74, 6) is -0.863. The fourth-order valence-electron chi connectivity index (χ4n) is 7.42. The summed E-state index contributed by atoms with van der Waals surface area (Å²) in [6.07, 6.45) is 50.5. The summed E-state index contributed by atoms with van der Waals surface area (Å²) >= 11 is 0. The molecule has 0 radical (unpaired) electrons. The highest BCUT2D eigenvalue weighted by Crippen LogP contribution is 2.16. The normalized spacial score (nSPS) is 12.0. The number of ether oxygens (including phenoxy) is 3. The number of hydrogen-bond donors (Lipinski definition) is 0. The SMILES string of the molecule is CCCC/C=C\CCCCCCCC(=O)OCC(COC(=O)CCCCCCCCCCCCCCCCC)OC(=O)CCCCCCCCCCCCCCC. The van der Waals surface area contributed by atoms with E-state index in [1.807, 2.05) is 0 Å². The van der Waals surface area contributed by atoms with Gasteiger partial charge in [-0.2, -0.15) is 0 Å². The molecular weight excluding hydrogens is 709 g/mol. The number of carbonyl (C=O) groups is 3. The van der Waals surface area contributed by atoms with Gasteiger partial charge in [-0.05, 0) is 38.5 Å². The number of carbonyl (C=O) groups excluding carboxylic acids is 3. The van der Waals surface area contributed by atoms with Crippen LogP contribution in [0.25, 0.3) is 0 Å². The molecule has 0 rings (SSSR count). The maximum Gasteiger partial charge on any atom is 0.306 e. The molecule has 1 atom stereocenters. The topological polar surface area (TPSA) is 78.9 Å². The van der Waals surface area contributed by atoms with Crippen molar-refractivity contribution in [3.05, 3.63) is 12.2 Å². The lowest BCUT2D eigenvalue weighted by Crippen LogP contribution is -2.30. The highest BCUT2D eigenvalue weighted by atomic mass is 16.6. The first kappa shape index (κ1) is 55.2. The monoisotopic (exact) mass is 805 g/mol. The molecule has 0 aliphatic rings. The summed E-state index contributed by atoms with van der Waals surface area (Å²) in [6.45, 7) is 6.62. The van der Waals surface area contributed by atoms with E-state index in [9.17, 15) is 14.4 Å². The smallest absolute Gasteiger partial charge is 0.306 e. The van der Waals surface area contributed by atoms with E-state index >= 15 is 0 Å². The van der Waals surface area contributed by atoms with Crippen molar-refractivity contribution in [2.75, 3.05) is 13.2 Å². The average Bonchev–Trinajstić information content (AvgIpc) is 3.21. The van der Waals surface area contributed by atoms with Gasteiger partial charge in [-0.15, -0.1) is 0 Å². The Morgan fingerprint density at radius 3 is 0.930 bits per heavy atom. The zero-order valence-electron chi connectivity index (χ0n) is 38.4. The maximum atomic E-state index is 12.8. The second kappa shape index (κ2) is 46.8. The molecule has 57 heavy (non-hydrogen) atoms. The fraction of sp³-hybridized carbons (Fsp3) is 0.902. The third-order valence-corrected chi connectivity index (χ3v) is 11.3. The van der Waals surface area contributed by atoms with E-state index in [0.29, 0.717) is 19.3 Å². The van der Waals surface area contributed by atoms with E-state index in [4.69, 9.17) is 14.2 Å². The summed E-state index contributed by atoms with van der Waals surface area (Å²) in [7, 11) is 0. The molecule has 0 aromatic rings. The molecule has 0 N–H and O–H groups in total. The molecule has 0 aliphatic carbocycles. The molecule has 6 nitrogen and oxygen atoms in total. The van der Waals surface area contributed by atoms with Crippen LogP contribution in [0, 0.1) is 0 Å². The van der Waals surface area contributed by atoms with E-state index in [1.165, 1.54) is 173 Å². The van der Waals surface area contributed by atoms with Crippen molar-refractivity contribution in [2.45, 2.75) is 284 Å². The van der Waals surface area contributed by atoms with Crippen molar-refractivity contribution in [1.29, 1.82) is 0 Å². The van der Waals surface area contributed by atoms with E-state index in [2.05, 4.69) is 32.9 Å². The van der Waals surface area contributed by atoms with Gasteiger partial charge in [0.25, 0.3) is 0 Å². The molecular formula is C51H96O6. The molecule has 1 unspecified atom stereocenters. The second-order valence-electron chi connectivity index (χ2n) is 17.1. The lowest BCUT2D eigenvalue weighted by atomic mass is 10.0. The first-order valence-corrected chi connectivity index (χ1v) is 25.2. The minimum atomic E-state index is -0.765. The van der Waals surface area contributed by atoms with Gasteiger partial charge in [0.1, 0.15) is 13.2 Å². The van der Waals surface area contributed by atoms with E-state index in [-0.39, 0.29) is 31.1 Å². The summed E-state index contributed by atoms with van der Waals surface area (Å²) in [5.41, 5.74) is 0. The summed E-state index contributed by atoms with van der Waals surface area (Å²) in [5, 5.41) is 0. The average molecular weight is 805 g/mol. The van der Waals surface area contributed by atoms with Gasteiger partial charge in [0.15, 0.2) is 6.10 Å². The van der Waals surface area contributed by atoms with Crippen molar-refractivity contribution in [3.8, 4) is 0 Å². The Morgan fingerprint density at radius 1 is 0.333 bits per heavy atom. The minimum absolute atomic E-state index is 0.0674. The molecule has 0 amide bonds. The molecule has 0 spiro atoms.